The molecule has 0 aliphatic heterocycles. The molecule has 0 saturated heterocycles. The van der Waals surface area contributed by atoms with Gasteiger partial charge in [0, 0.05) is 74.4 Å². The molecule has 0 aliphatic carbocycles. The van der Waals surface area contributed by atoms with Crippen molar-refractivity contribution in [1.29, 1.82) is 0 Å². The molecule has 0 aromatic carbocycles. The summed E-state index contributed by atoms with van der Waals surface area (Å²) in [6.45, 7) is 0. The predicted molar refractivity (Wildman–Crippen MR) is 249 cm³/mol. The van der Waals surface area contributed by atoms with Crippen LogP contribution in [0.1, 0.15) is 0 Å². The van der Waals surface area contributed by atoms with E-state index in [2.05, 4.69) is 69.2 Å². The van der Waals surface area contributed by atoms with Gasteiger partial charge in [0.25, 0.3) is 0 Å². The third kappa shape index (κ3) is 18.7. The Labute approximate surface area is 401 Å². The molecule has 0 radical (unpaired) electrons. The molecule has 14 heteroatoms. The van der Waals surface area contributed by atoms with Crippen LogP contribution in [-0.4, -0.2) is 49.8 Å². The average Bonchev–Trinajstić information content (AvgIpc) is 3.43. The first-order valence-corrected chi connectivity index (χ1v) is 23.7. The molecular weight excluding hydrogens is 1010 g/mol. The maximum atomic E-state index is 4.57. The van der Waals surface area contributed by atoms with Crippen LogP contribution in [0.15, 0.2) is 244 Å². The molecule has 0 spiro atoms. The van der Waals surface area contributed by atoms with Crippen LogP contribution in [0.2, 0.25) is 0 Å². The van der Waals surface area contributed by atoms with Crippen molar-refractivity contribution in [2.24, 2.45) is 0 Å². The van der Waals surface area contributed by atoms with Gasteiger partial charge in [0.05, 0.1) is 45.6 Å². The number of hydrogen-bond donors (Lipinski definition) is 0. The number of hydrogen-bond acceptors (Lipinski definition) is 10. The van der Waals surface area contributed by atoms with Crippen molar-refractivity contribution in [3.63, 3.8) is 0 Å². The zero-order chi connectivity index (χ0) is 45.1. The van der Waals surface area contributed by atoms with E-state index in [9.17, 15) is 0 Å². The second-order valence-electron chi connectivity index (χ2n) is 12.2. The third-order valence-electron chi connectivity index (χ3n) is 8.06. The van der Waals surface area contributed by atoms with Crippen LogP contribution < -0.4 is 0 Å². The zero-order valence-electron chi connectivity index (χ0n) is 34.0. The van der Waals surface area contributed by atoms with E-state index in [4.69, 9.17) is 0 Å². The Balaban J connectivity index is 0.000000172. The van der Waals surface area contributed by atoms with Crippen molar-refractivity contribution >= 4 is 19.4 Å². The summed E-state index contributed by atoms with van der Waals surface area (Å²) in [4.78, 5) is 41.4. The molecule has 10 aromatic rings. The minimum atomic E-state index is 0.915. The fraction of sp³-hybridized carbons (Fsp3) is 0. The van der Waals surface area contributed by atoms with Crippen molar-refractivity contribution in [1.82, 2.24) is 49.8 Å². The molecule has 10 heterocycles. The summed E-state index contributed by atoms with van der Waals surface area (Å²) in [7, 11) is 9.14. The van der Waals surface area contributed by atoms with Crippen LogP contribution in [-0.2, 0) is 34.6 Å². The van der Waals surface area contributed by atoms with E-state index in [1.165, 1.54) is 11.1 Å². The van der Waals surface area contributed by atoms with Crippen LogP contribution in [0, 0.1) is 0 Å². The Morgan fingerprint density at radius 2 is 0.359 bits per heavy atom. The van der Waals surface area contributed by atoms with Crippen LogP contribution in [0.5, 0.6) is 0 Å². The molecule has 0 aliphatic rings. The van der Waals surface area contributed by atoms with Crippen molar-refractivity contribution in [3.05, 3.63) is 244 Å². The fourth-order valence-electron chi connectivity index (χ4n) is 5.20. The molecule has 0 fully saturated rings. The summed E-state index contributed by atoms with van der Waals surface area (Å²) in [6.07, 6.45) is 21.3. The number of pyridine rings is 10. The van der Waals surface area contributed by atoms with Crippen LogP contribution in [0.3, 0.4) is 0 Å². The first-order valence-electron chi connectivity index (χ1n) is 19.2. The largest absolute Gasteiger partial charge is 0.265 e. The number of aromatic nitrogens is 10. The smallest absolute Gasteiger partial charge is 0.0886 e. The molecule has 0 N–H and O–H groups in total. The minimum absolute atomic E-state index is 0.915. The maximum absolute atomic E-state index is 4.57. The maximum Gasteiger partial charge on any atom is 0.0886 e. The second-order valence-corrected chi connectivity index (χ2v) is 12.2. The Bertz CT molecular complexity index is 1990. The summed E-state index contributed by atoms with van der Waals surface area (Å²) in [5.74, 6) is 0. The number of nitrogens with zero attached hydrogens (tertiary/aromatic N) is 10. The minimum Gasteiger partial charge on any atom is -0.265 e. The Morgan fingerprint density at radius 1 is 0.203 bits per heavy atom. The first-order chi connectivity index (χ1) is 31.8. The summed E-state index contributed by atoms with van der Waals surface area (Å²) >= 11 is 3.64. The van der Waals surface area contributed by atoms with Gasteiger partial charge in [-0.05, 0) is 132 Å². The van der Waals surface area contributed by atoms with Gasteiger partial charge in [-0.2, -0.15) is 0 Å². The Kier molecular flexibility index (Phi) is 25.0. The SMILES string of the molecule is [Cl][Ru].[Cl][Ru].c1cc(-c2ccncc2)ccn1.c1ccc(-c2ccccn2)nc1.c1ccc(-c2ccccn2)nc1.c1ccc(-c2ccccn2)nc1.c1ccc(-c2ccccn2)nc1. The fourth-order valence-corrected chi connectivity index (χ4v) is 5.20. The predicted octanol–water partition coefficient (Wildman–Crippen LogP) is 12.1. The van der Waals surface area contributed by atoms with Gasteiger partial charge in [0.1, 0.15) is 0 Å². The molecule has 10 rings (SSSR count). The molecule has 0 bridgehead atoms. The van der Waals surface area contributed by atoms with Gasteiger partial charge in [0.2, 0.25) is 0 Å². The average molecular weight is 1050 g/mol. The van der Waals surface area contributed by atoms with Crippen LogP contribution in [0.4, 0.5) is 0 Å². The van der Waals surface area contributed by atoms with E-state index in [0.717, 1.165) is 45.6 Å². The quantitative estimate of drug-likeness (QED) is 0.154. The number of rotatable bonds is 5. The van der Waals surface area contributed by atoms with Crippen molar-refractivity contribution < 1.29 is 34.6 Å². The Morgan fingerprint density at radius 3 is 0.484 bits per heavy atom. The molecule has 0 unspecified atom stereocenters. The van der Waals surface area contributed by atoms with Crippen LogP contribution >= 0.6 is 19.4 Å². The summed E-state index contributed by atoms with van der Waals surface area (Å²) in [5.41, 5.74) is 9.67. The Hall–Kier alpha value is -6.67. The first kappa shape index (κ1) is 50.0. The van der Waals surface area contributed by atoms with E-state index >= 15 is 0 Å². The van der Waals surface area contributed by atoms with E-state index < -0.39 is 0 Å². The van der Waals surface area contributed by atoms with Gasteiger partial charge < -0.3 is 0 Å². The molecule has 0 amide bonds. The second kappa shape index (κ2) is 32.1. The van der Waals surface area contributed by atoms with Gasteiger partial charge in [-0.1, -0.05) is 48.5 Å². The molecule has 0 saturated carbocycles. The molecule has 0 atom stereocenters. The molecule has 64 heavy (non-hydrogen) atoms. The summed E-state index contributed by atoms with van der Waals surface area (Å²) < 4.78 is 0. The normalized spacial score (nSPS) is 9.25. The van der Waals surface area contributed by atoms with E-state index in [0.29, 0.717) is 0 Å². The van der Waals surface area contributed by atoms with E-state index in [1.807, 2.05) is 204 Å². The zero-order valence-corrected chi connectivity index (χ0v) is 39.0. The van der Waals surface area contributed by atoms with Gasteiger partial charge in [0.15, 0.2) is 0 Å². The van der Waals surface area contributed by atoms with Gasteiger partial charge in [-0.25, -0.2) is 0 Å². The molecule has 320 valence electrons. The van der Waals surface area contributed by atoms with E-state index in [1.54, 1.807) is 74.4 Å². The molecular formula is C50H40Cl2N10Ru2. The van der Waals surface area contributed by atoms with Crippen molar-refractivity contribution in [3.8, 4) is 56.7 Å². The van der Waals surface area contributed by atoms with Gasteiger partial charge in [-0.15, -0.1) is 0 Å². The van der Waals surface area contributed by atoms with Crippen LogP contribution in [0.25, 0.3) is 56.7 Å². The molecule has 10 nitrogen and oxygen atoms in total. The van der Waals surface area contributed by atoms with Crippen molar-refractivity contribution in [2.45, 2.75) is 0 Å². The number of halogens is 2. The topological polar surface area (TPSA) is 129 Å². The van der Waals surface area contributed by atoms with Gasteiger partial charge in [-0.3, -0.25) is 49.8 Å². The molecule has 10 aromatic heterocycles. The van der Waals surface area contributed by atoms with Crippen molar-refractivity contribution in [2.75, 3.05) is 0 Å². The van der Waals surface area contributed by atoms with Gasteiger partial charge >= 0.3 is 54.0 Å². The summed E-state index contributed by atoms with van der Waals surface area (Å²) in [5, 5.41) is 0. The summed E-state index contributed by atoms with van der Waals surface area (Å²) in [6, 6.07) is 54.3. The van der Waals surface area contributed by atoms with E-state index in [-0.39, 0.29) is 0 Å². The third-order valence-corrected chi connectivity index (χ3v) is 8.06. The monoisotopic (exact) mass is 1050 g/mol. The standard InChI is InChI=1S/5C10H8N2.2ClH.2Ru/c1-5-11-6-2-9(1)10-3-7-12-8-4-10;4*1-3-7-11-9(5-1)10-6-2-4-8-12-10;;;;/h5*1-8H;2*1H;;/q;;;;;;;2*+1/p-2.